The lowest BCUT2D eigenvalue weighted by molar-refractivity contribution is -0.121. The number of amides is 1. The number of rotatable bonds is 5. The highest BCUT2D eigenvalue weighted by Gasteiger charge is 2.22. The van der Waals surface area contributed by atoms with Gasteiger partial charge in [-0.05, 0) is 30.2 Å². The average molecular weight is 366 g/mol. The Morgan fingerprint density at radius 3 is 2.96 bits per heavy atom. The fourth-order valence-corrected chi connectivity index (χ4v) is 4.08. The van der Waals surface area contributed by atoms with E-state index < -0.39 is 0 Å². The molecule has 0 aliphatic carbocycles. The normalized spacial score (nSPS) is 16.1. The van der Waals surface area contributed by atoms with Gasteiger partial charge in [-0.15, -0.1) is 11.8 Å². The third-order valence-electron chi connectivity index (χ3n) is 4.27. The van der Waals surface area contributed by atoms with Gasteiger partial charge in [0.25, 0.3) is 0 Å². The zero-order valence-corrected chi connectivity index (χ0v) is 14.9. The van der Waals surface area contributed by atoms with E-state index >= 15 is 0 Å². The highest BCUT2D eigenvalue weighted by atomic mass is 32.2. The summed E-state index contributed by atoms with van der Waals surface area (Å²) < 4.78 is 5.25. The SMILES string of the molecule is O=C(CCc1nc(-c2ccncc2)no1)N[C@@H]1CCSc2ccccc21. The molecule has 1 aromatic carbocycles. The second-order valence-electron chi connectivity index (χ2n) is 6.04. The zero-order valence-electron chi connectivity index (χ0n) is 14.1. The van der Waals surface area contributed by atoms with Crippen LogP contribution in [-0.4, -0.2) is 26.8 Å². The summed E-state index contributed by atoms with van der Waals surface area (Å²) >= 11 is 1.84. The van der Waals surface area contributed by atoms with Crippen LogP contribution in [0, 0.1) is 0 Å². The van der Waals surface area contributed by atoms with Crippen molar-refractivity contribution >= 4 is 17.7 Å². The number of pyridine rings is 1. The number of nitrogens with zero attached hydrogens (tertiary/aromatic N) is 3. The Labute approximate surface area is 155 Å². The molecule has 0 saturated carbocycles. The molecule has 6 nitrogen and oxygen atoms in total. The summed E-state index contributed by atoms with van der Waals surface area (Å²) in [5, 5.41) is 7.09. The Balaban J connectivity index is 1.35. The summed E-state index contributed by atoms with van der Waals surface area (Å²) in [6.45, 7) is 0. The van der Waals surface area contributed by atoms with E-state index in [9.17, 15) is 4.79 Å². The van der Waals surface area contributed by atoms with Crippen LogP contribution in [0.15, 0.2) is 58.2 Å². The summed E-state index contributed by atoms with van der Waals surface area (Å²) in [7, 11) is 0. The third-order valence-corrected chi connectivity index (χ3v) is 5.39. The molecule has 132 valence electrons. The molecule has 0 fully saturated rings. The number of benzene rings is 1. The fraction of sp³-hybridized carbons (Fsp3) is 0.263. The minimum absolute atomic E-state index is 0.000337. The van der Waals surface area contributed by atoms with Crippen LogP contribution in [-0.2, 0) is 11.2 Å². The Hall–Kier alpha value is -2.67. The zero-order chi connectivity index (χ0) is 17.8. The molecule has 1 atom stereocenters. The lowest BCUT2D eigenvalue weighted by Crippen LogP contribution is -2.30. The number of nitrogens with one attached hydrogen (secondary N) is 1. The summed E-state index contributed by atoms with van der Waals surface area (Å²) in [5.74, 6) is 1.99. The highest BCUT2D eigenvalue weighted by molar-refractivity contribution is 7.99. The van der Waals surface area contributed by atoms with Crippen LogP contribution in [0.3, 0.4) is 0 Å². The van der Waals surface area contributed by atoms with E-state index in [4.69, 9.17) is 4.52 Å². The topological polar surface area (TPSA) is 80.9 Å². The predicted molar refractivity (Wildman–Crippen MR) is 98.5 cm³/mol. The maximum Gasteiger partial charge on any atom is 0.227 e. The van der Waals surface area contributed by atoms with Gasteiger partial charge in [0.2, 0.25) is 17.6 Å². The van der Waals surface area contributed by atoms with E-state index in [1.54, 1.807) is 12.4 Å². The molecule has 1 N–H and O–H groups in total. The Morgan fingerprint density at radius 2 is 2.08 bits per heavy atom. The van der Waals surface area contributed by atoms with Crippen LogP contribution >= 0.6 is 11.8 Å². The van der Waals surface area contributed by atoms with E-state index in [0.717, 1.165) is 17.7 Å². The van der Waals surface area contributed by atoms with Gasteiger partial charge in [0.05, 0.1) is 6.04 Å². The molecule has 1 aliphatic rings. The molecular weight excluding hydrogens is 348 g/mol. The standard InChI is InChI=1S/C19H18N4O2S/c24-17(21-15-9-12-26-16-4-2-1-3-14(15)16)5-6-18-22-19(23-25-18)13-7-10-20-11-8-13/h1-4,7-8,10-11,15H,5-6,9,12H2,(H,21,24)/t15-/m1/s1. The van der Waals surface area contributed by atoms with Crippen LogP contribution < -0.4 is 5.32 Å². The second kappa shape index (κ2) is 7.70. The summed E-state index contributed by atoms with van der Waals surface area (Å²) in [5.41, 5.74) is 2.05. The van der Waals surface area contributed by atoms with Crippen LogP contribution in [0.1, 0.15) is 30.3 Å². The van der Waals surface area contributed by atoms with Crippen LogP contribution in [0.25, 0.3) is 11.4 Å². The van der Waals surface area contributed by atoms with E-state index in [-0.39, 0.29) is 11.9 Å². The number of aryl methyl sites for hydroxylation is 1. The lowest BCUT2D eigenvalue weighted by Gasteiger charge is -2.25. The first-order valence-corrected chi connectivity index (χ1v) is 9.52. The molecule has 26 heavy (non-hydrogen) atoms. The first-order chi connectivity index (χ1) is 12.8. The van der Waals surface area contributed by atoms with Crippen molar-refractivity contribution < 1.29 is 9.32 Å². The number of hydrogen-bond donors (Lipinski definition) is 1. The maximum absolute atomic E-state index is 12.4. The Bertz CT molecular complexity index is 897. The summed E-state index contributed by atoms with van der Waals surface area (Å²) in [6, 6.07) is 12.0. The van der Waals surface area contributed by atoms with Gasteiger partial charge in [-0.2, -0.15) is 4.98 Å². The van der Waals surface area contributed by atoms with Gasteiger partial charge in [0.15, 0.2) is 0 Å². The highest BCUT2D eigenvalue weighted by Crippen LogP contribution is 2.35. The molecule has 0 radical (unpaired) electrons. The minimum Gasteiger partial charge on any atom is -0.349 e. The molecule has 7 heteroatoms. The van der Waals surface area contributed by atoms with Gasteiger partial charge < -0.3 is 9.84 Å². The summed E-state index contributed by atoms with van der Waals surface area (Å²) in [4.78, 5) is 21.9. The van der Waals surface area contributed by atoms with E-state index in [1.807, 2.05) is 36.0 Å². The Morgan fingerprint density at radius 1 is 1.23 bits per heavy atom. The minimum atomic E-state index is 0.000337. The number of thioether (sulfide) groups is 1. The van der Waals surface area contributed by atoms with E-state index in [2.05, 4.69) is 32.6 Å². The van der Waals surface area contributed by atoms with Crippen LogP contribution in [0.4, 0.5) is 0 Å². The second-order valence-corrected chi connectivity index (χ2v) is 7.18. The van der Waals surface area contributed by atoms with Crippen molar-refractivity contribution in [2.24, 2.45) is 0 Å². The van der Waals surface area contributed by atoms with Crippen molar-refractivity contribution in [2.45, 2.75) is 30.2 Å². The van der Waals surface area contributed by atoms with Crippen molar-refractivity contribution in [3.05, 3.63) is 60.2 Å². The summed E-state index contributed by atoms with van der Waals surface area (Å²) in [6.07, 6.45) is 5.05. The first-order valence-electron chi connectivity index (χ1n) is 8.53. The number of fused-ring (bicyclic) bond motifs is 1. The van der Waals surface area contributed by atoms with Gasteiger partial charge in [-0.1, -0.05) is 23.4 Å². The average Bonchev–Trinajstić information content (AvgIpc) is 3.17. The molecule has 1 aliphatic heterocycles. The molecule has 3 heterocycles. The molecule has 0 saturated heterocycles. The van der Waals surface area contributed by atoms with Crippen molar-refractivity contribution in [3.63, 3.8) is 0 Å². The number of carbonyl (C=O) groups is 1. The molecule has 4 rings (SSSR count). The van der Waals surface area contributed by atoms with Gasteiger partial charge >= 0.3 is 0 Å². The largest absolute Gasteiger partial charge is 0.349 e. The number of carbonyl (C=O) groups excluding carboxylic acids is 1. The van der Waals surface area contributed by atoms with E-state index in [1.165, 1.54) is 10.5 Å². The van der Waals surface area contributed by atoms with Crippen molar-refractivity contribution in [2.75, 3.05) is 5.75 Å². The maximum atomic E-state index is 12.4. The van der Waals surface area contributed by atoms with Crippen LogP contribution in [0.2, 0.25) is 0 Å². The number of aromatic nitrogens is 3. The van der Waals surface area contributed by atoms with E-state index in [0.29, 0.717) is 24.6 Å². The van der Waals surface area contributed by atoms with Crippen molar-refractivity contribution in [1.82, 2.24) is 20.4 Å². The molecule has 0 spiro atoms. The molecule has 1 amide bonds. The monoisotopic (exact) mass is 366 g/mol. The van der Waals surface area contributed by atoms with Crippen molar-refractivity contribution in [1.29, 1.82) is 0 Å². The molecule has 0 bridgehead atoms. The van der Waals surface area contributed by atoms with Gasteiger partial charge in [-0.3, -0.25) is 9.78 Å². The van der Waals surface area contributed by atoms with Crippen LogP contribution in [0.5, 0.6) is 0 Å². The van der Waals surface area contributed by atoms with Gasteiger partial charge in [0, 0.05) is 41.4 Å². The molecule has 3 aromatic rings. The molecule has 0 unspecified atom stereocenters. The quantitative estimate of drug-likeness (QED) is 0.745. The number of hydrogen-bond acceptors (Lipinski definition) is 6. The fourth-order valence-electron chi connectivity index (χ4n) is 2.95. The Kier molecular flexibility index (Phi) is 4.97. The molecular formula is C19H18N4O2S. The van der Waals surface area contributed by atoms with Gasteiger partial charge in [0.1, 0.15) is 0 Å². The smallest absolute Gasteiger partial charge is 0.227 e. The predicted octanol–water partition coefficient (Wildman–Crippen LogP) is 3.42. The molecule has 2 aromatic heterocycles. The van der Waals surface area contributed by atoms with Crippen molar-refractivity contribution in [3.8, 4) is 11.4 Å². The lowest BCUT2D eigenvalue weighted by atomic mass is 10.0. The third kappa shape index (κ3) is 3.77. The first kappa shape index (κ1) is 16.8. The van der Waals surface area contributed by atoms with Gasteiger partial charge in [-0.25, -0.2) is 0 Å².